The molecule has 0 radical (unpaired) electrons. The molecular weight excluding hydrogens is 717 g/mol. The summed E-state index contributed by atoms with van der Waals surface area (Å²) in [6, 6.07) is 3.40. The van der Waals surface area contributed by atoms with Crippen LogP contribution >= 0.6 is 0 Å². The SMILES string of the molecule is CC[C@@H]1C[C@@H](C)CCC=C[C@@H]2C[C@@]2(C(=O)NS(=O)(=O)C2(C)CC2)NC(=O)[C@@H]2C[C@@H](Oc3ncc(OC)c4cc(N(C)C)ccc34)CN2C(=O)[C@H]1NC(=O)O. The lowest BCUT2D eigenvalue weighted by Crippen LogP contribution is -2.59. The number of ether oxygens (including phenoxy) is 2. The summed E-state index contributed by atoms with van der Waals surface area (Å²) in [6.45, 7) is 5.47. The molecule has 1 aromatic heterocycles. The number of nitrogens with zero attached hydrogens (tertiary/aromatic N) is 3. The first-order valence-electron chi connectivity index (χ1n) is 18.7. The van der Waals surface area contributed by atoms with Crippen molar-refractivity contribution < 1.29 is 42.2 Å². The molecule has 1 aromatic carbocycles. The minimum atomic E-state index is -4.01. The molecule has 6 rings (SSSR count). The fraction of sp³-hybridized carbons (Fsp3) is 0.605. The van der Waals surface area contributed by atoms with Gasteiger partial charge in [0, 0.05) is 42.9 Å². The number of sulfonamides is 1. The lowest BCUT2D eigenvalue weighted by molar-refractivity contribution is -0.142. The topological polar surface area (TPSA) is 197 Å². The molecule has 3 heterocycles. The van der Waals surface area contributed by atoms with Crippen molar-refractivity contribution in [3.05, 3.63) is 36.5 Å². The number of hydrogen-bond donors (Lipinski definition) is 4. The number of carbonyl (C=O) groups is 4. The Morgan fingerprint density at radius 2 is 1.91 bits per heavy atom. The van der Waals surface area contributed by atoms with E-state index < -0.39 is 68.2 Å². The number of carbonyl (C=O) groups excluding carboxylic acids is 3. The Labute approximate surface area is 316 Å². The number of rotatable bonds is 9. The molecule has 0 unspecified atom stereocenters. The van der Waals surface area contributed by atoms with E-state index in [0.717, 1.165) is 17.5 Å². The Kier molecular flexibility index (Phi) is 10.8. The maximum absolute atomic E-state index is 14.6. The van der Waals surface area contributed by atoms with Crippen LogP contribution in [0.1, 0.15) is 72.1 Å². The van der Waals surface area contributed by atoms with Crippen LogP contribution in [0.4, 0.5) is 10.5 Å². The van der Waals surface area contributed by atoms with E-state index in [9.17, 15) is 32.7 Å². The first-order chi connectivity index (χ1) is 25.5. The van der Waals surface area contributed by atoms with Crippen molar-refractivity contribution in [2.24, 2.45) is 17.8 Å². The van der Waals surface area contributed by atoms with E-state index >= 15 is 0 Å². The van der Waals surface area contributed by atoms with Gasteiger partial charge in [0.15, 0.2) is 0 Å². The van der Waals surface area contributed by atoms with E-state index in [4.69, 9.17) is 9.47 Å². The van der Waals surface area contributed by atoms with Gasteiger partial charge < -0.3 is 35.0 Å². The molecule has 4 amide bonds. The second kappa shape index (κ2) is 14.9. The number of benzene rings is 1. The average molecular weight is 769 g/mol. The second-order valence-electron chi connectivity index (χ2n) is 15.8. The molecule has 2 aliphatic carbocycles. The molecule has 7 atom stereocenters. The highest BCUT2D eigenvalue weighted by Crippen LogP contribution is 2.48. The third kappa shape index (κ3) is 7.66. The average Bonchev–Trinajstić information content (AvgIpc) is 4.00. The first-order valence-corrected chi connectivity index (χ1v) is 20.2. The molecule has 2 aromatic rings. The normalized spacial score (nSPS) is 29.5. The molecule has 0 spiro atoms. The number of methoxy groups -OCH3 is 1. The fourth-order valence-electron chi connectivity index (χ4n) is 7.82. The van der Waals surface area contributed by atoms with E-state index in [0.29, 0.717) is 43.2 Å². The van der Waals surface area contributed by atoms with Crippen molar-refractivity contribution in [2.75, 3.05) is 32.6 Å². The molecule has 3 fully saturated rings. The number of carboxylic acid groups (broad SMARTS) is 1. The summed E-state index contributed by atoms with van der Waals surface area (Å²) in [6.07, 6.45) is 6.74. The van der Waals surface area contributed by atoms with Crippen molar-refractivity contribution in [2.45, 2.75) is 101 Å². The molecule has 4 aliphatic rings. The Hall–Kier alpha value is -4.60. The number of pyridine rings is 1. The standard InChI is InChI=1S/C38H52N6O9S/c1-7-23-16-22(2)10-8-9-11-24-19-38(24,35(47)42-54(50,51)37(3)14-15-37)41-32(45)29-18-26(21-44(29)34(46)31(23)40-36(48)49)53-33-27-13-12-25(43(4)5)17-28(27)30(52-6)20-39-33/h9,11-13,17,20,22-24,26,29,31,40H,7-8,10,14-16,18-19,21H2,1-6H3,(H,41,45)(H,42,47)(H,48,49)/t22-,23+,24+,26+,29-,31-,38+/m0/s1. The summed E-state index contributed by atoms with van der Waals surface area (Å²) in [5.74, 6) is -1.96. The third-order valence-electron chi connectivity index (χ3n) is 11.7. The monoisotopic (exact) mass is 768 g/mol. The molecule has 16 heteroatoms. The number of hydrogen-bond acceptors (Lipinski definition) is 10. The van der Waals surface area contributed by atoms with Crippen molar-refractivity contribution in [3.8, 4) is 11.6 Å². The Balaban J connectivity index is 1.36. The van der Waals surface area contributed by atoms with Gasteiger partial charge in [0.1, 0.15) is 29.5 Å². The predicted octanol–water partition coefficient (Wildman–Crippen LogP) is 3.57. The quantitative estimate of drug-likeness (QED) is 0.272. The zero-order valence-corrected chi connectivity index (χ0v) is 32.6. The van der Waals surface area contributed by atoms with Gasteiger partial charge in [-0.15, -0.1) is 0 Å². The fourth-order valence-corrected chi connectivity index (χ4v) is 9.13. The Morgan fingerprint density at radius 1 is 1.17 bits per heavy atom. The van der Waals surface area contributed by atoms with Gasteiger partial charge in [0.2, 0.25) is 27.7 Å². The van der Waals surface area contributed by atoms with Gasteiger partial charge in [-0.2, -0.15) is 0 Å². The highest BCUT2D eigenvalue weighted by molar-refractivity contribution is 7.91. The van der Waals surface area contributed by atoms with Crippen LogP contribution in [0.25, 0.3) is 10.8 Å². The van der Waals surface area contributed by atoms with Gasteiger partial charge in [-0.05, 0) is 75.5 Å². The number of nitrogens with one attached hydrogen (secondary N) is 3. The van der Waals surface area contributed by atoms with Crippen LogP contribution in [0.3, 0.4) is 0 Å². The summed E-state index contributed by atoms with van der Waals surface area (Å²) >= 11 is 0. The number of anilines is 1. The summed E-state index contributed by atoms with van der Waals surface area (Å²) in [5.41, 5.74) is -0.623. The number of amides is 4. The van der Waals surface area contributed by atoms with Crippen LogP contribution in [0.5, 0.6) is 11.6 Å². The summed E-state index contributed by atoms with van der Waals surface area (Å²) < 4.78 is 39.6. The van der Waals surface area contributed by atoms with Crippen LogP contribution in [-0.2, 0) is 24.4 Å². The molecule has 2 saturated carbocycles. The van der Waals surface area contributed by atoms with Gasteiger partial charge in [0.25, 0.3) is 5.91 Å². The predicted molar refractivity (Wildman–Crippen MR) is 202 cm³/mol. The summed E-state index contributed by atoms with van der Waals surface area (Å²) in [4.78, 5) is 62.8. The first kappa shape index (κ1) is 39.1. The van der Waals surface area contributed by atoms with Gasteiger partial charge in [-0.25, -0.2) is 18.2 Å². The molecule has 294 valence electrons. The molecule has 2 aliphatic heterocycles. The molecule has 15 nitrogen and oxygen atoms in total. The molecule has 4 N–H and O–H groups in total. The van der Waals surface area contributed by atoms with Crippen molar-refractivity contribution in [3.63, 3.8) is 0 Å². The zero-order chi connectivity index (χ0) is 39.2. The van der Waals surface area contributed by atoms with E-state index in [1.54, 1.807) is 20.2 Å². The van der Waals surface area contributed by atoms with E-state index in [2.05, 4.69) is 27.3 Å². The van der Waals surface area contributed by atoms with Crippen molar-refractivity contribution >= 4 is 50.3 Å². The minimum Gasteiger partial charge on any atom is -0.494 e. The van der Waals surface area contributed by atoms with E-state index in [-0.39, 0.29) is 37.1 Å². The van der Waals surface area contributed by atoms with Crippen LogP contribution in [0.15, 0.2) is 36.5 Å². The Bertz CT molecular complexity index is 1950. The van der Waals surface area contributed by atoms with Crippen LogP contribution in [-0.4, -0.2) is 103 Å². The number of fused-ring (bicyclic) bond motifs is 3. The van der Waals surface area contributed by atoms with Crippen LogP contribution in [0.2, 0.25) is 0 Å². The lowest BCUT2D eigenvalue weighted by Gasteiger charge is -2.33. The van der Waals surface area contributed by atoms with Crippen molar-refractivity contribution in [1.82, 2.24) is 25.2 Å². The summed E-state index contributed by atoms with van der Waals surface area (Å²) in [5, 5.41) is 16.6. The maximum Gasteiger partial charge on any atom is 0.405 e. The lowest BCUT2D eigenvalue weighted by atomic mass is 9.85. The van der Waals surface area contributed by atoms with Crippen molar-refractivity contribution in [1.29, 1.82) is 0 Å². The van der Waals surface area contributed by atoms with Crippen LogP contribution < -0.4 is 29.7 Å². The van der Waals surface area contributed by atoms with Crippen LogP contribution in [0, 0.1) is 17.8 Å². The van der Waals surface area contributed by atoms with Gasteiger partial charge >= 0.3 is 6.09 Å². The van der Waals surface area contributed by atoms with Gasteiger partial charge in [-0.3, -0.25) is 19.1 Å². The largest absolute Gasteiger partial charge is 0.494 e. The van der Waals surface area contributed by atoms with Gasteiger partial charge in [-0.1, -0.05) is 32.4 Å². The molecule has 54 heavy (non-hydrogen) atoms. The Morgan fingerprint density at radius 3 is 2.56 bits per heavy atom. The van der Waals surface area contributed by atoms with Gasteiger partial charge in [0.05, 0.1) is 24.6 Å². The number of allylic oxidation sites excluding steroid dienone is 1. The second-order valence-corrected chi connectivity index (χ2v) is 18.0. The molecule has 0 bridgehead atoms. The number of aromatic nitrogens is 1. The van der Waals surface area contributed by atoms with E-state index in [1.165, 1.54) is 4.90 Å². The summed E-state index contributed by atoms with van der Waals surface area (Å²) in [7, 11) is 1.38. The van der Waals surface area contributed by atoms with E-state index in [1.807, 2.05) is 56.3 Å². The highest BCUT2D eigenvalue weighted by Gasteiger charge is 2.63. The molecular formula is C38H52N6O9S. The maximum atomic E-state index is 14.6. The minimum absolute atomic E-state index is 0.00409. The molecule has 1 saturated heterocycles. The smallest absolute Gasteiger partial charge is 0.405 e. The zero-order valence-electron chi connectivity index (χ0n) is 31.8. The highest BCUT2D eigenvalue weighted by atomic mass is 32.2. The third-order valence-corrected chi connectivity index (χ3v) is 13.9.